The first-order chi connectivity index (χ1) is 16.3. The fourth-order valence-corrected chi connectivity index (χ4v) is 3.83. The number of para-hydroxylation sites is 2. The molecule has 170 valence electrons. The first kappa shape index (κ1) is 21.8. The van der Waals surface area contributed by atoms with Gasteiger partial charge in [-0.2, -0.15) is 23.4 Å². The molecule has 0 radical (unpaired) electrons. The van der Waals surface area contributed by atoms with E-state index < -0.39 is 10.1 Å². The Morgan fingerprint density at radius 2 is 1.50 bits per heavy atom. The summed E-state index contributed by atoms with van der Waals surface area (Å²) in [5.74, 6) is 0.760. The molecule has 5 aromatic rings. The fraction of sp³-hybridized carbons (Fsp3) is 0. The Labute approximate surface area is 198 Å². The summed E-state index contributed by atoms with van der Waals surface area (Å²) in [6.07, 6.45) is 0. The molecule has 5 rings (SSSR count). The van der Waals surface area contributed by atoms with Gasteiger partial charge in [0.1, 0.15) is 5.52 Å². The van der Waals surface area contributed by atoms with E-state index in [0.29, 0.717) is 22.8 Å². The third-order valence-electron chi connectivity index (χ3n) is 4.68. The SMILES string of the molecule is O=S(=O)(O)c1cccc(Nc2nc(Cl)nc(Nc3ccc(-c4nc5ccccc5o4)cc3)n2)c1. The molecule has 0 aliphatic carbocycles. The Hall–Kier alpha value is -4.06. The summed E-state index contributed by atoms with van der Waals surface area (Å²) in [6, 6.07) is 20.4. The largest absolute Gasteiger partial charge is 0.436 e. The van der Waals surface area contributed by atoms with E-state index in [0.717, 1.165) is 11.1 Å². The summed E-state index contributed by atoms with van der Waals surface area (Å²) in [5, 5.41) is 5.81. The Morgan fingerprint density at radius 1 is 0.794 bits per heavy atom. The molecule has 2 heterocycles. The lowest BCUT2D eigenvalue weighted by molar-refractivity contribution is 0.483. The molecule has 0 atom stereocenters. The topological polar surface area (TPSA) is 143 Å². The second-order valence-electron chi connectivity index (χ2n) is 7.07. The normalized spacial score (nSPS) is 11.5. The molecule has 0 aliphatic heterocycles. The van der Waals surface area contributed by atoms with Crippen LogP contribution in [0.5, 0.6) is 0 Å². The smallest absolute Gasteiger partial charge is 0.294 e. The minimum atomic E-state index is -4.35. The lowest BCUT2D eigenvalue weighted by Gasteiger charge is -2.09. The molecular weight excluding hydrogens is 480 g/mol. The molecule has 0 spiro atoms. The molecule has 0 unspecified atom stereocenters. The molecule has 0 saturated heterocycles. The van der Waals surface area contributed by atoms with E-state index in [-0.39, 0.29) is 22.1 Å². The Balaban J connectivity index is 1.35. The van der Waals surface area contributed by atoms with Crippen LogP contribution in [0.15, 0.2) is 82.1 Å². The summed E-state index contributed by atoms with van der Waals surface area (Å²) in [4.78, 5) is 16.5. The molecule has 0 bridgehead atoms. The van der Waals surface area contributed by atoms with E-state index in [1.54, 1.807) is 6.07 Å². The van der Waals surface area contributed by atoms with Gasteiger partial charge < -0.3 is 15.1 Å². The fourth-order valence-electron chi connectivity index (χ4n) is 3.15. The molecule has 2 aromatic heterocycles. The van der Waals surface area contributed by atoms with Crippen molar-refractivity contribution in [2.75, 3.05) is 10.6 Å². The van der Waals surface area contributed by atoms with Gasteiger partial charge in [0.25, 0.3) is 10.1 Å². The van der Waals surface area contributed by atoms with E-state index in [2.05, 4.69) is 30.6 Å². The highest BCUT2D eigenvalue weighted by molar-refractivity contribution is 7.85. The zero-order chi connectivity index (χ0) is 23.7. The maximum absolute atomic E-state index is 11.4. The second kappa shape index (κ2) is 8.71. The van der Waals surface area contributed by atoms with Crippen molar-refractivity contribution >= 4 is 56.1 Å². The van der Waals surface area contributed by atoms with Crippen LogP contribution in [0.4, 0.5) is 23.3 Å². The lowest BCUT2D eigenvalue weighted by atomic mass is 10.2. The Kier molecular flexibility index (Phi) is 5.57. The van der Waals surface area contributed by atoms with Gasteiger partial charge in [-0.3, -0.25) is 4.55 Å². The average Bonchev–Trinajstić information content (AvgIpc) is 3.23. The number of nitrogens with zero attached hydrogens (tertiary/aromatic N) is 4. The number of hydrogen-bond acceptors (Lipinski definition) is 9. The van der Waals surface area contributed by atoms with Crippen molar-refractivity contribution in [2.45, 2.75) is 4.90 Å². The molecule has 0 fully saturated rings. The van der Waals surface area contributed by atoms with E-state index in [1.807, 2.05) is 48.5 Å². The van der Waals surface area contributed by atoms with Gasteiger partial charge in [0.2, 0.25) is 23.1 Å². The quantitative estimate of drug-likeness (QED) is 0.274. The number of aromatic nitrogens is 4. The summed E-state index contributed by atoms with van der Waals surface area (Å²) in [5.41, 5.74) is 3.31. The highest BCUT2D eigenvalue weighted by Crippen LogP contribution is 2.26. The first-order valence-corrected chi connectivity index (χ1v) is 11.6. The molecule has 12 heteroatoms. The van der Waals surface area contributed by atoms with Gasteiger partial charge in [-0.1, -0.05) is 18.2 Å². The number of fused-ring (bicyclic) bond motifs is 1. The van der Waals surface area contributed by atoms with Crippen LogP contribution in [-0.2, 0) is 10.1 Å². The van der Waals surface area contributed by atoms with Gasteiger partial charge in [-0.25, -0.2) is 4.98 Å². The van der Waals surface area contributed by atoms with Gasteiger partial charge in [-0.15, -0.1) is 0 Å². The van der Waals surface area contributed by atoms with Crippen molar-refractivity contribution in [3.05, 3.63) is 78.1 Å². The zero-order valence-corrected chi connectivity index (χ0v) is 18.7. The van der Waals surface area contributed by atoms with Crippen LogP contribution in [0, 0.1) is 0 Å². The summed E-state index contributed by atoms with van der Waals surface area (Å²) < 4.78 is 37.7. The third kappa shape index (κ3) is 4.81. The van der Waals surface area contributed by atoms with Gasteiger partial charge in [0.05, 0.1) is 4.90 Å². The number of anilines is 4. The van der Waals surface area contributed by atoms with Crippen LogP contribution in [-0.4, -0.2) is 32.9 Å². The minimum absolute atomic E-state index is 0.0750. The van der Waals surface area contributed by atoms with E-state index >= 15 is 0 Å². The molecule has 10 nitrogen and oxygen atoms in total. The summed E-state index contributed by atoms with van der Waals surface area (Å²) >= 11 is 6.03. The van der Waals surface area contributed by atoms with Gasteiger partial charge in [0.15, 0.2) is 5.58 Å². The van der Waals surface area contributed by atoms with Crippen molar-refractivity contribution in [3.63, 3.8) is 0 Å². The highest BCUT2D eigenvalue weighted by atomic mass is 35.5. The first-order valence-electron chi connectivity index (χ1n) is 9.83. The van der Waals surface area contributed by atoms with Gasteiger partial charge in [-0.05, 0) is 66.2 Å². The van der Waals surface area contributed by atoms with E-state index in [4.69, 9.17) is 16.0 Å². The van der Waals surface area contributed by atoms with Gasteiger partial charge in [0, 0.05) is 16.9 Å². The van der Waals surface area contributed by atoms with Crippen molar-refractivity contribution in [3.8, 4) is 11.5 Å². The van der Waals surface area contributed by atoms with Crippen LogP contribution >= 0.6 is 11.6 Å². The van der Waals surface area contributed by atoms with Crippen molar-refractivity contribution < 1.29 is 17.4 Å². The van der Waals surface area contributed by atoms with Crippen LogP contribution in [0.3, 0.4) is 0 Å². The molecule has 0 saturated carbocycles. The number of oxazole rings is 1. The second-order valence-corrected chi connectivity index (χ2v) is 8.83. The molecule has 0 amide bonds. The number of hydrogen-bond donors (Lipinski definition) is 3. The molecule has 0 aliphatic rings. The average molecular weight is 495 g/mol. The lowest BCUT2D eigenvalue weighted by Crippen LogP contribution is -2.05. The van der Waals surface area contributed by atoms with Crippen molar-refractivity contribution in [1.29, 1.82) is 0 Å². The predicted octanol–water partition coefficient (Wildman–Crippen LogP) is 5.07. The Morgan fingerprint density at radius 3 is 2.21 bits per heavy atom. The monoisotopic (exact) mass is 494 g/mol. The number of benzene rings is 3. The Bertz CT molecular complexity index is 1570. The van der Waals surface area contributed by atoms with Crippen LogP contribution in [0.25, 0.3) is 22.6 Å². The molecule has 3 aromatic carbocycles. The van der Waals surface area contributed by atoms with Crippen molar-refractivity contribution in [2.24, 2.45) is 0 Å². The highest BCUT2D eigenvalue weighted by Gasteiger charge is 2.12. The van der Waals surface area contributed by atoms with E-state index in [1.165, 1.54) is 18.2 Å². The molecule has 3 N–H and O–H groups in total. The van der Waals surface area contributed by atoms with Crippen LogP contribution in [0.1, 0.15) is 0 Å². The molecular formula is C22H15ClN6O4S. The maximum Gasteiger partial charge on any atom is 0.294 e. The number of halogens is 1. The van der Waals surface area contributed by atoms with Crippen LogP contribution < -0.4 is 10.6 Å². The number of rotatable bonds is 6. The number of nitrogens with one attached hydrogen (secondary N) is 2. The summed E-state index contributed by atoms with van der Waals surface area (Å²) in [6.45, 7) is 0. The maximum atomic E-state index is 11.4. The van der Waals surface area contributed by atoms with E-state index in [9.17, 15) is 13.0 Å². The minimum Gasteiger partial charge on any atom is -0.436 e. The summed E-state index contributed by atoms with van der Waals surface area (Å²) in [7, 11) is -4.35. The zero-order valence-electron chi connectivity index (χ0n) is 17.2. The van der Waals surface area contributed by atoms with Gasteiger partial charge >= 0.3 is 0 Å². The standard InChI is InChI=1S/C22H15ClN6O4S/c23-20-27-21(29-22(28-20)25-15-4-3-5-16(12-15)34(30,31)32)24-14-10-8-13(9-11-14)19-26-17-6-1-2-7-18(17)33-19/h1-12H,(H,30,31,32)(H2,24,25,27,28,29). The van der Waals surface area contributed by atoms with Crippen molar-refractivity contribution in [1.82, 2.24) is 19.9 Å². The van der Waals surface area contributed by atoms with Crippen LogP contribution in [0.2, 0.25) is 5.28 Å². The third-order valence-corrected chi connectivity index (χ3v) is 5.70. The predicted molar refractivity (Wildman–Crippen MR) is 127 cm³/mol. The molecule has 34 heavy (non-hydrogen) atoms.